The van der Waals surface area contributed by atoms with Gasteiger partial charge in [-0.05, 0) is 19.8 Å². The fraction of sp³-hybridized carbons (Fsp3) is 0.500. The molecule has 1 aliphatic rings. The number of pyridine rings is 1. The van der Waals surface area contributed by atoms with E-state index in [0.717, 1.165) is 12.8 Å². The Kier molecular flexibility index (Phi) is 3.42. The predicted molar refractivity (Wildman–Crippen MR) is 66.2 cm³/mol. The maximum absolute atomic E-state index is 10.9. The molecule has 0 saturated heterocycles. The van der Waals surface area contributed by atoms with Crippen molar-refractivity contribution < 1.29 is 4.92 Å². The minimum atomic E-state index is -0.393. The van der Waals surface area contributed by atoms with Crippen LogP contribution in [0.15, 0.2) is 12.3 Å². The monoisotopic (exact) mass is 246 g/mol. The molecule has 0 amide bonds. The molecule has 0 bridgehead atoms. The molecule has 0 unspecified atom stereocenters. The van der Waals surface area contributed by atoms with Gasteiger partial charge in [0.2, 0.25) is 0 Å². The molecule has 2 rings (SSSR count). The Morgan fingerprint density at radius 2 is 2.39 bits per heavy atom. The summed E-state index contributed by atoms with van der Waals surface area (Å²) < 4.78 is 0. The predicted octanol–water partition coefficient (Wildman–Crippen LogP) is 2.18. The van der Waals surface area contributed by atoms with Crippen LogP contribution in [0.1, 0.15) is 24.8 Å². The summed E-state index contributed by atoms with van der Waals surface area (Å²) in [6.07, 6.45) is 4.05. The minimum Gasteiger partial charge on any atom is -0.352 e. The first kappa shape index (κ1) is 12.3. The maximum atomic E-state index is 10.9. The smallest absolute Gasteiger partial charge is 0.277 e. The van der Waals surface area contributed by atoms with Gasteiger partial charge in [0.05, 0.1) is 23.5 Å². The van der Waals surface area contributed by atoms with Gasteiger partial charge in [-0.25, -0.2) is 4.98 Å². The van der Waals surface area contributed by atoms with E-state index < -0.39 is 4.92 Å². The Hall–Kier alpha value is -2.16. The summed E-state index contributed by atoms with van der Waals surface area (Å²) in [6.45, 7) is 2.25. The number of aryl methyl sites for hydroxylation is 1. The Labute approximate surface area is 105 Å². The molecule has 0 aromatic carbocycles. The van der Waals surface area contributed by atoms with Gasteiger partial charge in [0.1, 0.15) is 5.82 Å². The lowest BCUT2D eigenvalue weighted by Gasteiger charge is -2.22. The van der Waals surface area contributed by atoms with E-state index >= 15 is 0 Å². The number of rotatable bonds is 5. The summed E-state index contributed by atoms with van der Waals surface area (Å²) in [7, 11) is 0. The van der Waals surface area contributed by atoms with Crippen LogP contribution in [0.4, 0.5) is 11.5 Å². The second-order valence-corrected chi connectivity index (χ2v) is 4.42. The van der Waals surface area contributed by atoms with Crippen molar-refractivity contribution in [3.05, 3.63) is 27.9 Å². The quantitative estimate of drug-likeness (QED) is 0.587. The first-order chi connectivity index (χ1) is 8.63. The molecule has 6 nitrogen and oxygen atoms in total. The standard InChI is InChI=1S/C12H14N4O2/c1-9-8-14-12(7-11(9)16(17)18)15(6-2-5-13)10-3-4-10/h7-8,10H,2-4,6H2,1H3. The Morgan fingerprint density at radius 3 is 2.94 bits per heavy atom. The first-order valence-electron chi connectivity index (χ1n) is 5.88. The summed E-state index contributed by atoms with van der Waals surface area (Å²) in [5, 5.41) is 19.5. The summed E-state index contributed by atoms with van der Waals surface area (Å²) in [6, 6.07) is 3.98. The Balaban J connectivity index is 2.27. The van der Waals surface area contributed by atoms with Crippen LogP contribution in [0.2, 0.25) is 0 Å². The highest BCUT2D eigenvalue weighted by Crippen LogP contribution is 2.32. The fourth-order valence-corrected chi connectivity index (χ4v) is 1.90. The molecule has 1 aromatic heterocycles. The average Bonchev–Trinajstić information content (AvgIpc) is 3.15. The van der Waals surface area contributed by atoms with Gasteiger partial charge in [-0.2, -0.15) is 5.26 Å². The lowest BCUT2D eigenvalue weighted by atomic mass is 10.2. The number of hydrogen-bond acceptors (Lipinski definition) is 5. The molecular formula is C12H14N4O2. The second kappa shape index (κ2) is 5.00. The van der Waals surface area contributed by atoms with Crippen molar-refractivity contribution in [3.8, 4) is 6.07 Å². The van der Waals surface area contributed by atoms with Crippen molar-refractivity contribution in [1.29, 1.82) is 5.26 Å². The molecule has 1 heterocycles. The van der Waals surface area contributed by atoms with Crippen molar-refractivity contribution in [2.75, 3.05) is 11.4 Å². The molecule has 1 aromatic rings. The number of nitro groups is 1. The van der Waals surface area contributed by atoms with E-state index in [2.05, 4.69) is 11.1 Å². The largest absolute Gasteiger partial charge is 0.352 e. The summed E-state index contributed by atoms with van der Waals surface area (Å²) in [5.74, 6) is 0.602. The van der Waals surface area contributed by atoms with Crippen molar-refractivity contribution in [1.82, 2.24) is 4.98 Å². The third-order valence-electron chi connectivity index (χ3n) is 3.00. The molecule has 1 fully saturated rings. The number of nitrogens with zero attached hydrogens (tertiary/aromatic N) is 4. The second-order valence-electron chi connectivity index (χ2n) is 4.42. The number of aromatic nitrogens is 1. The van der Waals surface area contributed by atoms with Crippen LogP contribution in [-0.4, -0.2) is 22.5 Å². The number of hydrogen-bond donors (Lipinski definition) is 0. The SMILES string of the molecule is Cc1cnc(N(CCC#N)C2CC2)cc1[N+](=O)[O-]. The van der Waals surface area contributed by atoms with Gasteiger partial charge >= 0.3 is 0 Å². The minimum absolute atomic E-state index is 0.0857. The molecule has 18 heavy (non-hydrogen) atoms. The van der Waals surface area contributed by atoms with E-state index in [1.165, 1.54) is 12.3 Å². The first-order valence-corrected chi connectivity index (χ1v) is 5.88. The molecule has 0 N–H and O–H groups in total. The van der Waals surface area contributed by atoms with Crippen molar-refractivity contribution in [3.63, 3.8) is 0 Å². The van der Waals surface area contributed by atoms with E-state index in [-0.39, 0.29) is 5.69 Å². The number of anilines is 1. The maximum Gasteiger partial charge on any atom is 0.277 e. The van der Waals surface area contributed by atoms with Crippen molar-refractivity contribution >= 4 is 11.5 Å². The highest BCUT2D eigenvalue weighted by atomic mass is 16.6. The van der Waals surface area contributed by atoms with Crippen LogP contribution in [-0.2, 0) is 0 Å². The highest BCUT2D eigenvalue weighted by Gasteiger charge is 2.30. The van der Waals surface area contributed by atoms with Gasteiger partial charge in [-0.3, -0.25) is 10.1 Å². The van der Waals surface area contributed by atoms with Crippen LogP contribution in [0.25, 0.3) is 0 Å². The molecule has 1 saturated carbocycles. The van der Waals surface area contributed by atoms with Crippen LogP contribution in [0.3, 0.4) is 0 Å². The lowest BCUT2D eigenvalue weighted by molar-refractivity contribution is -0.385. The topological polar surface area (TPSA) is 83.1 Å². The van der Waals surface area contributed by atoms with Crippen LogP contribution < -0.4 is 4.90 Å². The van der Waals surface area contributed by atoms with Gasteiger partial charge in [0, 0.05) is 24.3 Å². The lowest BCUT2D eigenvalue weighted by Crippen LogP contribution is -2.27. The normalized spacial score (nSPS) is 14.0. The highest BCUT2D eigenvalue weighted by molar-refractivity contribution is 5.52. The van der Waals surface area contributed by atoms with Crippen LogP contribution in [0, 0.1) is 28.4 Å². The van der Waals surface area contributed by atoms with Gasteiger partial charge in [-0.1, -0.05) is 0 Å². The molecule has 6 heteroatoms. The van der Waals surface area contributed by atoms with E-state index in [0.29, 0.717) is 30.4 Å². The van der Waals surface area contributed by atoms with E-state index in [9.17, 15) is 10.1 Å². The van der Waals surface area contributed by atoms with Gasteiger partial charge in [0.25, 0.3) is 5.69 Å². The van der Waals surface area contributed by atoms with E-state index in [1.54, 1.807) is 6.92 Å². The third-order valence-corrected chi connectivity index (χ3v) is 3.00. The zero-order valence-corrected chi connectivity index (χ0v) is 10.2. The summed E-state index contributed by atoms with van der Waals surface area (Å²) in [4.78, 5) is 16.8. The average molecular weight is 246 g/mol. The zero-order chi connectivity index (χ0) is 13.1. The Bertz CT molecular complexity index is 505. The van der Waals surface area contributed by atoms with Crippen LogP contribution >= 0.6 is 0 Å². The third kappa shape index (κ3) is 2.56. The summed E-state index contributed by atoms with van der Waals surface area (Å²) >= 11 is 0. The number of nitriles is 1. The van der Waals surface area contributed by atoms with E-state index in [4.69, 9.17) is 5.26 Å². The van der Waals surface area contributed by atoms with Gasteiger partial charge in [0.15, 0.2) is 0 Å². The van der Waals surface area contributed by atoms with Gasteiger partial charge in [-0.15, -0.1) is 0 Å². The molecule has 94 valence electrons. The molecule has 0 radical (unpaired) electrons. The Morgan fingerprint density at radius 1 is 1.67 bits per heavy atom. The summed E-state index contributed by atoms with van der Waals surface area (Å²) in [5.41, 5.74) is 0.641. The molecular weight excluding hydrogens is 232 g/mol. The van der Waals surface area contributed by atoms with Gasteiger partial charge < -0.3 is 4.90 Å². The molecule has 1 aliphatic carbocycles. The van der Waals surface area contributed by atoms with Crippen molar-refractivity contribution in [2.24, 2.45) is 0 Å². The van der Waals surface area contributed by atoms with Crippen LogP contribution in [0.5, 0.6) is 0 Å². The zero-order valence-electron chi connectivity index (χ0n) is 10.2. The molecule has 0 atom stereocenters. The molecule has 0 spiro atoms. The van der Waals surface area contributed by atoms with E-state index in [1.807, 2.05) is 4.90 Å². The van der Waals surface area contributed by atoms with Crippen molar-refractivity contribution in [2.45, 2.75) is 32.2 Å². The fourth-order valence-electron chi connectivity index (χ4n) is 1.90. The molecule has 0 aliphatic heterocycles.